The molecule has 1 atom stereocenters. The van der Waals surface area contributed by atoms with Gasteiger partial charge < -0.3 is 5.32 Å². The van der Waals surface area contributed by atoms with Crippen molar-refractivity contribution in [2.24, 2.45) is 0 Å². The van der Waals surface area contributed by atoms with Crippen LogP contribution in [0.4, 0.5) is 0 Å². The van der Waals surface area contributed by atoms with Crippen molar-refractivity contribution < 1.29 is 4.79 Å². The molecule has 2 nitrogen and oxygen atoms in total. The van der Waals surface area contributed by atoms with Crippen LogP contribution in [0.2, 0.25) is 0 Å². The van der Waals surface area contributed by atoms with Crippen LogP contribution in [-0.4, -0.2) is 5.91 Å². The first-order valence-corrected chi connectivity index (χ1v) is 6.87. The van der Waals surface area contributed by atoms with E-state index in [1.54, 1.807) is 22.7 Å². The summed E-state index contributed by atoms with van der Waals surface area (Å²) in [6.45, 7) is 2.01. The Kier molecular flexibility index (Phi) is 3.74. The van der Waals surface area contributed by atoms with Crippen LogP contribution in [0.15, 0.2) is 35.0 Å². The van der Waals surface area contributed by atoms with Gasteiger partial charge in [-0.05, 0) is 29.8 Å². The Labute approximate surface area is 103 Å². The Morgan fingerprint density at radius 2 is 2.06 bits per heavy atom. The third-order valence-corrected chi connectivity index (χ3v) is 4.19. The summed E-state index contributed by atoms with van der Waals surface area (Å²) in [5.41, 5.74) is 0. The first-order chi connectivity index (χ1) is 7.75. The minimum atomic E-state index is 0.0864. The molecule has 0 spiro atoms. The molecule has 0 unspecified atom stereocenters. The van der Waals surface area contributed by atoms with E-state index in [0.717, 1.165) is 4.88 Å². The quantitative estimate of drug-likeness (QED) is 0.888. The lowest BCUT2D eigenvalue weighted by Crippen LogP contribution is -2.27. The molecule has 0 radical (unpaired) electrons. The van der Waals surface area contributed by atoms with Crippen LogP contribution in [0.25, 0.3) is 0 Å². The summed E-state index contributed by atoms with van der Waals surface area (Å²) in [6, 6.07) is 8.10. The summed E-state index contributed by atoms with van der Waals surface area (Å²) >= 11 is 3.29. The zero-order valence-electron chi connectivity index (χ0n) is 8.97. The average Bonchev–Trinajstić information content (AvgIpc) is 2.88. The lowest BCUT2D eigenvalue weighted by atomic mass is 10.2. The van der Waals surface area contributed by atoms with Crippen LogP contribution >= 0.6 is 22.7 Å². The number of carbonyl (C=O) groups is 1. The molecule has 0 fully saturated rings. The zero-order chi connectivity index (χ0) is 11.4. The number of nitrogens with one attached hydrogen (secondary N) is 1. The molecule has 2 heterocycles. The summed E-state index contributed by atoms with van der Waals surface area (Å²) < 4.78 is 0. The minimum absolute atomic E-state index is 0.0864. The molecule has 0 aliphatic rings. The van der Waals surface area contributed by atoms with E-state index in [9.17, 15) is 4.79 Å². The van der Waals surface area contributed by atoms with Crippen molar-refractivity contribution in [2.75, 3.05) is 0 Å². The van der Waals surface area contributed by atoms with Crippen molar-refractivity contribution in [3.8, 4) is 0 Å². The molecular weight excluding hydrogens is 238 g/mol. The Morgan fingerprint density at radius 3 is 2.69 bits per heavy atom. The summed E-state index contributed by atoms with van der Waals surface area (Å²) in [7, 11) is 0. The number of hydrogen-bond donors (Lipinski definition) is 1. The van der Waals surface area contributed by atoms with Gasteiger partial charge in [0.05, 0.1) is 12.5 Å². The molecule has 4 heteroatoms. The molecule has 2 aromatic heterocycles. The molecule has 2 rings (SSSR count). The Morgan fingerprint density at radius 1 is 1.31 bits per heavy atom. The van der Waals surface area contributed by atoms with Gasteiger partial charge in [0.2, 0.25) is 5.91 Å². The summed E-state index contributed by atoms with van der Waals surface area (Å²) in [4.78, 5) is 14.0. The highest BCUT2D eigenvalue weighted by molar-refractivity contribution is 7.10. The van der Waals surface area contributed by atoms with E-state index in [1.807, 2.05) is 41.9 Å². The van der Waals surface area contributed by atoms with E-state index in [4.69, 9.17) is 0 Å². The second-order valence-electron chi connectivity index (χ2n) is 3.56. The Bertz CT molecular complexity index is 434. The first kappa shape index (κ1) is 11.4. The van der Waals surface area contributed by atoms with Crippen molar-refractivity contribution in [1.29, 1.82) is 0 Å². The fourth-order valence-electron chi connectivity index (χ4n) is 1.47. The predicted octanol–water partition coefficient (Wildman–Crippen LogP) is 3.23. The second kappa shape index (κ2) is 5.27. The number of rotatable bonds is 4. The first-order valence-electron chi connectivity index (χ1n) is 5.11. The van der Waals surface area contributed by atoms with Crippen molar-refractivity contribution in [3.63, 3.8) is 0 Å². The summed E-state index contributed by atoms with van der Waals surface area (Å²) in [5, 5.41) is 7.02. The molecule has 0 aromatic carbocycles. The second-order valence-corrected chi connectivity index (χ2v) is 5.57. The maximum atomic E-state index is 11.7. The minimum Gasteiger partial charge on any atom is -0.348 e. The van der Waals surface area contributed by atoms with Crippen molar-refractivity contribution in [1.82, 2.24) is 5.32 Å². The maximum absolute atomic E-state index is 11.7. The van der Waals surface area contributed by atoms with Crippen molar-refractivity contribution in [3.05, 3.63) is 44.8 Å². The number of carbonyl (C=O) groups excluding carboxylic acids is 1. The van der Waals surface area contributed by atoms with Gasteiger partial charge in [0.15, 0.2) is 0 Å². The van der Waals surface area contributed by atoms with Gasteiger partial charge in [-0.2, -0.15) is 0 Å². The lowest BCUT2D eigenvalue weighted by molar-refractivity contribution is -0.121. The SMILES string of the molecule is C[C@@H](NC(=O)Cc1cccs1)c1cccs1. The molecule has 0 saturated carbocycles. The average molecular weight is 251 g/mol. The number of hydrogen-bond acceptors (Lipinski definition) is 3. The Hall–Kier alpha value is -1.13. The third-order valence-electron chi connectivity index (χ3n) is 2.26. The van der Waals surface area contributed by atoms with Gasteiger partial charge in [-0.15, -0.1) is 22.7 Å². The molecule has 16 heavy (non-hydrogen) atoms. The van der Waals surface area contributed by atoms with Gasteiger partial charge >= 0.3 is 0 Å². The number of thiophene rings is 2. The molecule has 2 aromatic rings. The van der Waals surface area contributed by atoms with E-state index in [2.05, 4.69) is 5.32 Å². The highest BCUT2D eigenvalue weighted by Gasteiger charge is 2.10. The zero-order valence-corrected chi connectivity index (χ0v) is 10.6. The molecule has 84 valence electrons. The van der Waals surface area contributed by atoms with Crippen molar-refractivity contribution in [2.45, 2.75) is 19.4 Å². The maximum Gasteiger partial charge on any atom is 0.225 e. The number of amides is 1. The van der Waals surface area contributed by atoms with Crippen LogP contribution in [0, 0.1) is 0 Å². The fourth-order valence-corrected chi connectivity index (χ4v) is 2.91. The van der Waals surface area contributed by atoms with Crippen LogP contribution < -0.4 is 5.32 Å². The van der Waals surface area contributed by atoms with Gasteiger partial charge in [-0.1, -0.05) is 12.1 Å². The van der Waals surface area contributed by atoms with E-state index < -0.39 is 0 Å². The van der Waals surface area contributed by atoms with Crippen LogP contribution in [0.1, 0.15) is 22.7 Å². The molecule has 0 bridgehead atoms. The van der Waals surface area contributed by atoms with E-state index in [1.165, 1.54) is 4.88 Å². The predicted molar refractivity (Wildman–Crippen MR) is 68.9 cm³/mol. The normalized spacial score (nSPS) is 12.3. The fraction of sp³-hybridized carbons (Fsp3) is 0.250. The van der Waals surface area contributed by atoms with Gasteiger partial charge in [-0.3, -0.25) is 4.79 Å². The van der Waals surface area contributed by atoms with Gasteiger partial charge in [-0.25, -0.2) is 0 Å². The van der Waals surface area contributed by atoms with Gasteiger partial charge in [0.1, 0.15) is 0 Å². The molecular formula is C12H13NOS2. The summed E-state index contributed by atoms with van der Waals surface area (Å²) in [6.07, 6.45) is 0.480. The van der Waals surface area contributed by atoms with Gasteiger partial charge in [0.25, 0.3) is 0 Å². The molecule has 1 amide bonds. The molecule has 0 aliphatic heterocycles. The van der Waals surface area contributed by atoms with Crippen LogP contribution in [0.3, 0.4) is 0 Å². The smallest absolute Gasteiger partial charge is 0.225 e. The van der Waals surface area contributed by atoms with Crippen molar-refractivity contribution >= 4 is 28.6 Å². The van der Waals surface area contributed by atoms with Crippen LogP contribution in [0.5, 0.6) is 0 Å². The third kappa shape index (κ3) is 2.93. The Balaban J connectivity index is 1.88. The van der Waals surface area contributed by atoms with E-state index >= 15 is 0 Å². The largest absolute Gasteiger partial charge is 0.348 e. The van der Waals surface area contributed by atoms with E-state index in [0.29, 0.717) is 6.42 Å². The van der Waals surface area contributed by atoms with E-state index in [-0.39, 0.29) is 11.9 Å². The topological polar surface area (TPSA) is 29.1 Å². The van der Waals surface area contributed by atoms with Crippen LogP contribution in [-0.2, 0) is 11.2 Å². The van der Waals surface area contributed by atoms with Gasteiger partial charge in [0, 0.05) is 9.75 Å². The summed E-state index contributed by atoms with van der Waals surface area (Å²) in [5.74, 6) is 0.0864. The standard InChI is InChI=1S/C12H13NOS2/c1-9(11-5-3-7-16-11)13-12(14)8-10-4-2-6-15-10/h2-7,9H,8H2,1H3,(H,13,14)/t9-/m1/s1. The lowest BCUT2D eigenvalue weighted by Gasteiger charge is -2.11. The monoisotopic (exact) mass is 251 g/mol. The highest BCUT2D eigenvalue weighted by Crippen LogP contribution is 2.18. The highest BCUT2D eigenvalue weighted by atomic mass is 32.1. The molecule has 0 aliphatic carbocycles. The molecule has 0 saturated heterocycles. The molecule has 1 N–H and O–H groups in total.